The lowest BCUT2D eigenvalue weighted by molar-refractivity contribution is -0.145. The molecule has 6 heteroatoms. The normalized spacial score (nSPS) is 25.8. The van der Waals surface area contributed by atoms with Crippen molar-refractivity contribution in [1.82, 2.24) is 4.90 Å². The van der Waals surface area contributed by atoms with Crippen LogP contribution in [0.5, 0.6) is 0 Å². The van der Waals surface area contributed by atoms with Gasteiger partial charge < -0.3 is 20.5 Å². The highest BCUT2D eigenvalue weighted by molar-refractivity contribution is 5.83. The van der Waals surface area contributed by atoms with Crippen LogP contribution in [0.25, 0.3) is 0 Å². The molecule has 0 aromatic rings. The van der Waals surface area contributed by atoms with Gasteiger partial charge in [0.1, 0.15) is 5.92 Å². The zero-order chi connectivity index (χ0) is 14.1. The van der Waals surface area contributed by atoms with E-state index in [1.54, 1.807) is 7.05 Å². The summed E-state index contributed by atoms with van der Waals surface area (Å²) in [5.41, 5.74) is 5.55. The molecule has 1 rings (SSSR count). The second-order valence-electron chi connectivity index (χ2n) is 5.84. The maximum absolute atomic E-state index is 12.2. The van der Waals surface area contributed by atoms with E-state index in [0.29, 0.717) is 0 Å². The van der Waals surface area contributed by atoms with Gasteiger partial charge >= 0.3 is 5.97 Å². The molecule has 1 saturated heterocycles. The van der Waals surface area contributed by atoms with Gasteiger partial charge in [0.2, 0.25) is 5.91 Å². The minimum absolute atomic E-state index is 0.141. The topological polar surface area (TPSA) is 92.9 Å². The summed E-state index contributed by atoms with van der Waals surface area (Å²) in [6, 6.07) is -1.10. The minimum Gasteiger partial charge on any atom is -0.481 e. The van der Waals surface area contributed by atoms with Crippen LogP contribution in [0, 0.1) is 11.3 Å². The first-order valence-corrected chi connectivity index (χ1v) is 5.99. The summed E-state index contributed by atoms with van der Waals surface area (Å²) >= 11 is 0. The van der Waals surface area contributed by atoms with Crippen LogP contribution in [-0.4, -0.2) is 54.2 Å². The van der Waals surface area contributed by atoms with E-state index in [2.05, 4.69) is 0 Å². The summed E-state index contributed by atoms with van der Waals surface area (Å²) in [6.07, 6.45) is 0. The van der Waals surface area contributed by atoms with Crippen molar-refractivity contribution in [3.63, 3.8) is 0 Å². The third-order valence-electron chi connectivity index (χ3n) is 3.41. The van der Waals surface area contributed by atoms with Gasteiger partial charge in [-0.05, 0) is 5.41 Å². The van der Waals surface area contributed by atoms with Crippen LogP contribution < -0.4 is 5.73 Å². The average molecular weight is 258 g/mol. The monoisotopic (exact) mass is 258 g/mol. The molecule has 0 aromatic heterocycles. The molecule has 0 spiro atoms. The number of hydrogen-bond donors (Lipinski definition) is 2. The first-order valence-electron chi connectivity index (χ1n) is 5.99. The number of hydrogen-bond acceptors (Lipinski definition) is 4. The number of likely N-dealkylation sites (N-methyl/N-ethyl adjacent to an activating group) is 1. The van der Waals surface area contributed by atoms with Gasteiger partial charge in [-0.15, -0.1) is 0 Å². The van der Waals surface area contributed by atoms with Crippen molar-refractivity contribution < 1.29 is 19.4 Å². The highest BCUT2D eigenvalue weighted by atomic mass is 16.5. The minimum atomic E-state index is -0.943. The fourth-order valence-electron chi connectivity index (χ4n) is 1.91. The van der Waals surface area contributed by atoms with Gasteiger partial charge in [-0.2, -0.15) is 0 Å². The van der Waals surface area contributed by atoms with Crippen LogP contribution in [-0.2, 0) is 14.3 Å². The van der Waals surface area contributed by atoms with Gasteiger partial charge in [-0.3, -0.25) is 9.59 Å². The predicted molar refractivity (Wildman–Crippen MR) is 65.9 cm³/mol. The van der Waals surface area contributed by atoms with E-state index < -0.39 is 24.0 Å². The van der Waals surface area contributed by atoms with Crippen molar-refractivity contribution in [2.45, 2.75) is 32.9 Å². The fraction of sp³-hybridized carbons (Fsp3) is 0.833. The lowest BCUT2D eigenvalue weighted by Crippen LogP contribution is -2.54. The number of carboxylic acid groups (broad SMARTS) is 1. The van der Waals surface area contributed by atoms with E-state index in [1.807, 2.05) is 20.8 Å². The van der Waals surface area contributed by atoms with Gasteiger partial charge in [-0.25, -0.2) is 0 Å². The van der Waals surface area contributed by atoms with Crippen molar-refractivity contribution in [2.75, 3.05) is 20.3 Å². The van der Waals surface area contributed by atoms with Gasteiger partial charge in [0, 0.05) is 7.05 Å². The molecule has 0 saturated carbocycles. The molecule has 0 bridgehead atoms. The van der Waals surface area contributed by atoms with Crippen LogP contribution >= 0.6 is 0 Å². The molecule has 3 N–H and O–H groups in total. The van der Waals surface area contributed by atoms with E-state index in [9.17, 15) is 9.59 Å². The van der Waals surface area contributed by atoms with Crippen molar-refractivity contribution in [1.29, 1.82) is 0 Å². The van der Waals surface area contributed by atoms with E-state index in [0.717, 1.165) is 0 Å². The van der Waals surface area contributed by atoms with Crippen LogP contribution in [0.4, 0.5) is 0 Å². The Hall–Kier alpha value is -1.14. The Bertz CT molecular complexity index is 337. The van der Waals surface area contributed by atoms with E-state index in [1.165, 1.54) is 4.90 Å². The average Bonchev–Trinajstić information content (AvgIpc) is 2.73. The fourth-order valence-corrected chi connectivity index (χ4v) is 1.91. The van der Waals surface area contributed by atoms with Crippen molar-refractivity contribution >= 4 is 11.9 Å². The second kappa shape index (κ2) is 5.24. The summed E-state index contributed by atoms with van der Waals surface area (Å²) in [5, 5.41) is 9.06. The molecule has 1 heterocycles. The maximum atomic E-state index is 12.2. The van der Waals surface area contributed by atoms with Crippen molar-refractivity contribution in [3.8, 4) is 0 Å². The molecule has 0 radical (unpaired) electrons. The Morgan fingerprint density at radius 1 is 1.39 bits per heavy atom. The quantitative estimate of drug-likeness (QED) is 0.738. The number of rotatable bonds is 3. The molecular formula is C12H22N2O4. The molecule has 3 unspecified atom stereocenters. The van der Waals surface area contributed by atoms with Gasteiger partial charge in [0.15, 0.2) is 0 Å². The van der Waals surface area contributed by atoms with Gasteiger partial charge in [-0.1, -0.05) is 20.8 Å². The molecule has 3 atom stereocenters. The Balaban J connectivity index is 2.78. The van der Waals surface area contributed by atoms with E-state index >= 15 is 0 Å². The summed E-state index contributed by atoms with van der Waals surface area (Å²) in [5.74, 6) is -1.86. The molecule has 0 aliphatic carbocycles. The lowest BCUT2D eigenvalue weighted by atomic mass is 9.86. The second-order valence-corrected chi connectivity index (χ2v) is 5.84. The smallest absolute Gasteiger partial charge is 0.311 e. The summed E-state index contributed by atoms with van der Waals surface area (Å²) < 4.78 is 5.15. The summed E-state index contributed by atoms with van der Waals surface area (Å²) in [7, 11) is 1.59. The number of amides is 1. The predicted octanol–water partition coefficient (Wildman–Crippen LogP) is -0.0822. The zero-order valence-corrected chi connectivity index (χ0v) is 11.3. The van der Waals surface area contributed by atoms with Crippen LogP contribution in [0.2, 0.25) is 0 Å². The maximum Gasteiger partial charge on any atom is 0.311 e. The zero-order valence-electron chi connectivity index (χ0n) is 11.3. The molecule has 6 nitrogen and oxygen atoms in total. The van der Waals surface area contributed by atoms with Crippen molar-refractivity contribution in [3.05, 3.63) is 0 Å². The Morgan fingerprint density at radius 2 is 1.94 bits per heavy atom. The number of carboxylic acids is 1. The number of carbonyl (C=O) groups is 2. The highest BCUT2D eigenvalue weighted by Gasteiger charge is 2.41. The number of aliphatic carboxylic acids is 1. The molecule has 0 aromatic carbocycles. The molecule has 1 amide bonds. The molecule has 1 aliphatic heterocycles. The molecule has 1 fully saturated rings. The van der Waals surface area contributed by atoms with Crippen LogP contribution in [0.1, 0.15) is 20.8 Å². The largest absolute Gasteiger partial charge is 0.481 e. The molecule has 104 valence electrons. The number of ether oxygens (including phenoxy) is 1. The van der Waals surface area contributed by atoms with Gasteiger partial charge in [0.05, 0.1) is 25.3 Å². The third-order valence-corrected chi connectivity index (χ3v) is 3.41. The first-order chi connectivity index (χ1) is 8.16. The molecule has 1 aliphatic rings. The van der Waals surface area contributed by atoms with Gasteiger partial charge in [0.25, 0.3) is 0 Å². The number of nitrogens with two attached hydrogens (primary N) is 1. The molecule has 18 heavy (non-hydrogen) atoms. The van der Waals surface area contributed by atoms with Crippen LogP contribution in [0.3, 0.4) is 0 Å². The Labute approximate surface area is 107 Å². The third kappa shape index (κ3) is 3.00. The molecular weight excluding hydrogens is 236 g/mol. The Kier molecular flexibility index (Phi) is 4.34. The first kappa shape index (κ1) is 14.9. The Morgan fingerprint density at radius 3 is 2.39 bits per heavy atom. The summed E-state index contributed by atoms with van der Waals surface area (Å²) in [4.78, 5) is 24.7. The number of nitrogens with zero attached hydrogens (tertiary/aromatic N) is 1. The number of carbonyl (C=O) groups excluding carboxylic acids is 1. The van der Waals surface area contributed by atoms with Crippen molar-refractivity contribution in [2.24, 2.45) is 17.1 Å². The van der Waals surface area contributed by atoms with E-state index in [-0.39, 0.29) is 24.5 Å². The van der Waals surface area contributed by atoms with E-state index in [4.69, 9.17) is 15.6 Å². The highest BCUT2D eigenvalue weighted by Crippen LogP contribution is 2.23. The SMILES string of the molecule is CN(C(=O)C(N)C(C)(C)C)C1COCC1C(=O)O. The van der Waals surface area contributed by atoms with Crippen LogP contribution in [0.15, 0.2) is 0 Å². The standard InChI is InChI=1S/C12H22N2O4/c1-12(2,3)9(13)10(15)14(4)8-6-18-5-7(8)11(16)17/h7-9H,5-6,13H2,1-4H3,(H,16,17). The lowest BCUT2D eigenvalue weighted by Gasteiger charge is -2.33. The summed E-state index contributed by atoms with van der Waals surface area (Å²) in [6.45, 7) is 6.02.